The van der Waals surface area contributed by atoms with E-state index in [4.69, 9.17) is 4.74 Å². The summed E-state index contributed by atoms with van der Waals surface area (Å²) in [5.41, 5.74) is -0.0499. The van der Waals surface area contributed by atoms with Crippen LogP contribution in [-0.2, 0) is 9.53 Å². The fraction of sp³-hybridized carbons (Fsp3) is 0.923. The summed E-state index contributed by atoms with van der Waals surface area (Å²) in [6.45, 7) is 7.54. The lowest BCUT2D eigenvalue weighted by Gasteiger charge is -2.42. The van der Waals surface area contributed by atoms with Crippen LogP contribution in [0.5, 0.6) is 0 Å². The van der Waals surface area contributed by atoms with Gasteiger partial charge >= 0.3 is 5.97 Å². The minimum Gasteiger partial charge on any atom is -0.468 e. The molecule has 0 unspecified atom stereocenters. The summed E-state index contributed by atoms with van der Waals surface area (Å²) in [7, 11) is 1.48. The maximum atomic E-state index is 11.9. The third kappa shape index (κ3) is 2.97. The van der Waals surface area contributed by atoms with Crippen molar-refractivity contribution in [1.82, 2.24) is 5.32 Å². The van der Waals surface area contributed by atoms with Crippen LogP contribution in [0.3, 0.4) is 0 Å². The van der Waals surface area contributed by atoms with Crippen LogP contribution in [0.1, 0.15) is 52.9 Å². The second kappa shape index (κ2) is 5.17. The molecule has 0 amide bonds. The number of hydrogen-bond donors (Lipinski definition) is 1. The van der Waals surface area contributed by atoms with Crippen LogP contribution in [0, 0.1) is 5.41 Å². The van der Waals surface area contributed by atoms with E-state index in [1.165, 1.54) is 7.11 Å². The van der Waals surface area contributed by atoms with Crippen molar-refractivity contribution >= 4 is 5.97 Å². The molecule has 0 aromatic carbocycles. The third-order valence-electron chi connectivity index (χ3n) is 3.75. The molecule has 0 aliphatic heterocycles. The number of esters is 1. The molecule has 0 spiro atoms. The summed E-state index contributed by atoms with van der Waals surface area (Å²) in [5.74, 6) is -0.0866. The summed E-state index contributed by atoms with van der Waals surface area (Å²) >= 11 is 0. The van der Waals surface area contributed by atoms with Crippen molar-refractivity contribution in [1.29, 1.82) is 0 Å². The normalized spacial score (nSPS) is 22.8. The molecule has 1 aliphatic carbocycles. The Hall–Kier alpha value is -0.570. The number of rotatable bonds is 4. The first-order chi connectivity index (χ1) is 7.46. The van der Waals surface area contributed by atoms with E-state index >= 15 is 0 Å². The van der Waals surface area contributed by atoms with Crippen molar-refractivity contribution in [3.05, 3.63) is 0 Å². The highest BCUT2D eigenvalue weighted by atomic mass is 16.5. The van der Waals surface area contributed by atoms with Crippen LogP contribution in [0.4, 0.5) is 0 Å². The number of ether oxygens (including phenoxy) is 1. The van der Waals surface area contributed by atoms with Crippen molar-refractivity contribution in [3.63, 3.8) is 0 Å². The Morgan fingerprint density at radius 3 is 2.25 bits per heavy atom. The van der Waals surface area contributed by atoms with E-state index in [1.807, 2.05) is 0 Å². The van der Waals surface area contributed by atoms with E-state index in [1.54, 1.807) is 0 Å². The van der Waals surface area contributed by atoms with Gasteiger partial charge in [-0.25, -0.2) is 0 Å². The summed E-state index contributed by atoms with van der Waals surface area (Å²) < 4.78 is 4.96. The number of nitrogens with one attached hydrogen (secondary N) is 1. The molecule has 0 aromatic heterocycles. The van der Waals surface area contributed by atoms with Gasteiger partial charge in [0.1, 0.15) is 5.54 Å². The Kier molecular flexibility index (Phi) is 4.36. The van der Waals surface area contributed by atoms with Gasteiger partial charge in [0.2, 0.25) is 0 Å². The molecule has 1 aliphatic rings. The summed E-state index contributed by atoms with van der Waals surface area (Å²) in [4.78, 5) is 11.9. The van der Waals surface area contributed by atoms with Crippen LogP contribution in [0.25, 0.3) is 0 Å². The van der Waals surface area contributed by atoms with Gasteiger partial charge < -0.3 is 10.1 Å². The average Bonchev–Trinajstić information content (AvgIpc) is 2.27. The van der Waals surface area contributed by atoms with Gasteiger partial charge in [-0.05, 0) is 44.1 Å². The molecule has 3 heteroatoms. The van der Waals surface area contributed by atoms with Gasteiger partial charge in [0.25, 0.3) is 0 Å². The topological polar surface area (TPSA) is 38.3 Å². The maximum absolute atomic E-state index is 11.9. The Bertz CT molecular complexity index is 238. The van der Waals surface area contributed by atoms with Gasteiger partial charge in [-0.3, -0.25) is 4.79 Å². The third-order valence-corrected chi connectivity index (χ3v) is 3.75. The molecule has 3 nitrogen and oxygen atoms in total. The quantitative estimate of drug-likeness (QED) is 0.750. The highest BCUT2D eigenvalue weighted by molar-refractivity contribution is 5.80. The van der Waals surface area contributed by atoms with E-state index in [9.17, 15) is 4.79 Å². The van der Waals surface area contributed by atoms with Crippen molar-refractivity contribution < 1.29 is 9.53 Å². The number of hydrogen-bond acceptors (Lipinski definition) is 3. The van der Waals surface area contributed by atoms with Crippen molar-refractivity contribution in [3.8, 4) is 0 Å². The van der Waals surface area contributed by atoms with Crippen molar-refractivity contribution in [2.75, 3.05) is 13.7 Å². The minimum atomic E-state index is -0.416. The van der Waals surface area contributed by atoms with Crippen LogP contribution >= 0.6 is 0 Å². The Morgan fingerprint density at radius 1 is 1.25 bits per heavy atom. The lowest BCUT2D eigenvalue weighted by Crippen LogP contribution is -2.55. The predicted molar refractivity (Wildman–Crippen MR) is 65.3 cm³/mol. The molecule has 16 heavy (non-hydrogen) atoms. The lowest BCUT2D eigenvalue weighted by atomic mass is 9.69. The molecule has 94 valence electrons. The van der Waals surface area contributed by atoms with Crippen LogP contribution < -0.4 is 5.32 Å². The molecule has 0 radical (unpaired) electrons. The Morgan fingerprint density at radius 2 is 1.81 bits per heavy atom. The van der Waals surface area contributed by atoms with E-state index in [0.717, 1.165) is 38.6 Å². The fourth-order valence-electron chi connectivity index (χ4n) is 2.37. The standard InChI is InChI=1S/C13H25NO2/c1-5-10-14-13(11(15)16-4)8-6-12(2,3)7-9-13/h14H,5-10H2,1-4H3. The monoisotopic (exact) mass is 227 g/mol. The molecule has 0 heterocycles. The van der Waals surface area contributed by atoms with Crippen molar-refractivity contribution in [2.45, 2.75) is 58.4 Å². The van der Waals surface area contributed by atoms with E-state index in [2.05, 4.69) is 26.1 Å². The van der Waals surface area contributed by atoms with Crippen LogP contribution in [-0.4, -0.2) is 25.2 Å². The molecule has 0 bridgehead atoms. The van der Waals surface area contributed by atoms with Crippen LogP contribution in [0.15, 0.2) is 0 Å². The Balaban J connectivity index is 2.70. The zero-order valence-electron chi connectivity index (χ0n) is 11.1. The first-order valence-electron chi connectivity index (χ1n) is 6.29. The van der Waals surface area contributed by atoms with E-state index in [0.29, 0.717) is 5.41 Å². The highest BCUT2D eigenvalue weighted by Gasteiger charge is 2.44. The largest absolute Gasteiger partial charge is 0.468 e. The maximum Gasteiger partial charge on any atom is 0.326 e. The smallest absolute Gasteiger partial charge is 0.326 e. The van der Waals surface area contributed by atoms with Gasteiger partial charge in [-0.2, -0.15) is 0 Å². The SMILES string of the molecule is CCCNC1(C(=O)OC)CCC(C)(C)CC1. The number of methoxy groups -OCH3 is 1. The first kappa shape index (κ1) is 13.5. The van der Waals surface area contributed by atoms with Gasteiger partial charge in [-0.1, -0.05) is 20.8 Å². The molecule has 1 rings (SSSR count). The van der Waals surface area contributed by atoms with Gasteiger partial charge in [-0.15, -0.1) is 0 Å². The number of carbonyl (C=O) groups excluding carboxylic acids is 1. The fourth-order valence-corrected chi connectivity index (χ4v) is 2.37. The summed E-state index contributed by atoms with van der Waals surface area (Å²) in [6, 6.07) is 0. The zero-order valence-corrected chi connectivity index (χ0v) is 11.1. The second-order valence-electron chi connectivity index (χ2n) is 5.66. The second-order valence-corrected chi connectivity index (χ2v) is 5.66. The molecule has 1 saturated carbocycles. The summed E-state index contributed by atoms with van der Waals surface area (Å²) in [5, 5.41) is 3.40. The lowest BCUT2D eigenvalue weighted by molar-refractivity contribution is -0.151. The molecule has 1 N–H and O–H groups in total. The first-order valence-corrected chi connectivity index (χ1v) is 6.29. The number of carbonyl (C=O) groups is 1. The van der Waals surface area contributed by atoms with Crippen LogP contribution in [0.2, 0.25) is 0 Å². The van der Waals surface area contributed by atoms with E-state index < -0.39 is 5.54 Å². The predicted octanol–water partition coefficient (Wildman–Crippen LogP) is 2.50. The van der Waals surface area contributed by atoms with Crippen molar-refractivity contribution in [2.24, 2.45) is 5.41 Å². The molecule has 0 aromatic rings. The molecular formula is C13H25NO2. The molecule has 1 fully saturated rings. The summed E-state index contributed by atoms with van der Waals surface area (Å²) in [6.07, 6.45) is 5.00. The van der Waals surface area contributed by atoms with Gasteiger partial charge in [0.15, 0.2) is 0 Å². The van der Waals surface area contributed by atoms with E-state index in [-0.39, 0.29) is 5.97 Å². The minimum absolute atomic E-state index is 0.0866. The average molecular weight is 227 g/mol. The zero-order chi connectivity index (χ0) is 12.2. The van der Waals surface area contributed by atoms with Gasteiger partial charge in [0, 0.05) is 0 Å². The molecular weight excluding hydrogens is 202 g/mol. The highest BCUT2D eigenvalue weighted by Crippen LogP contribution is 2.40. The Labute approximate surface area is 98.9 Å². The molecule has 0 atom stereocenters. The molecule has 0 saturated heterocycles. The van der Waals surface area contributed by atoms with Gasteiger partial charge in [0.05, 0.1) is 7.11 Å².